The summed E-state index contributed by atoms with van der Waals surface area (Å²) in [6.45, 7) is 4.49. The molecule has 0 saturated heterocycles. The summed E-state index contributed by atoms with van der Waals surface area (Å²) < 4.78 is 39.6. The van der Waals surface area contributed by atoms with Gasteiger partial charge in [-0.25, -0.2) is 12.8 Å². The summed E-state index contributed by atoms with van der Waals surface area (Å²) in [5.74, 6) is -2.35. The van der Waals surface area contributed by atoms with Crippen LogP contribution in [0.3, 0.4) is 0 Å². The van der Waals surface area contributed by atoms with E-state index in [1.165, 1.54) is 19.1 Å². The molecule has 1 aromatic carbocycles. The Kier molecular flexibility index (Phi) is 4.65. The summed E-state index contributed by atoms with van der Waals surface area (Å²) in [4.78, 5) is 10.8. The minimum Gasteiger partial charge on any atom is -0.480 e. The Balaban J connectivity index is 3.18. The summed E-state index contributed by atoms with van der Waals surface area (Å²) in [7, 11) is -4.07. The number of aliphatic carboxylic acids is 1. The third kappa shape index (κ3) is 3.51. The predicted molar refractivity (Wildman–Crippen MR) is 67.7 cm³/mol. The molecule has 2 N–H and O–H groups in total. The summed E-state index contributed by atoms with van der Waals surface area (Å²) in [6, 6.07) is 2.39. The number of carboxylic acids is 1. The number of sulfonamides is 1. The monoisotopic (exact) mass is 289 g/mol. The molecule has 0 bridgehead atoms. The molecule has 0 saturated carbocycles. The van der Waals surface area contributed by atoms with Crippen LogP contribution < -0.4 is 4.72 Å². The van der Waals surface area contributed by atoms with Crippen molar-refractivity contribution >= 4 is 16.0 Å². The molecule has 7 heteroatoms. The second-order valence-corrected chi connectivity index (χ2v) is 6.23. The molecular formula is C12H16FNO4S. The van der Waals surface area contributed by atoms with E-state index in [-0.39, 0.29) is 10.5 Å². The Bertz CT molecular complexity index is 583. The summed E-state index contributed by atoms with van der Waals surface area (Å²) in [5.41, 5.74) is -0.0390. The van der Waals surface area contributed by atoms with E-state index in [1.54, 1.807) is 13.8 Å². The van der Waals surface area contributed by atoms with Crippen molar-refractivity contribution in [2.24, 2.45) is 5.92 Å². The summed E-state index contributed by atoms with van der Waals surface area (Å²) >= 11 is 0. The molecule has 0 aliphatic heterocycles. The Morgan fingerprint density at radius 1 is 1.37 bits per heavy atom. The molecule has 0 radical (unpaired) electrons. The molecule has 1 rings (SSSR count). The fraction of sp³-hybridized carbons (Fsp3) is 0.417. The Labute approximate surface area is 111 Å². The first-order valence-corrected chi connectivity index (χ1v) is 7.15. The van der Waals surface area contributed by atoms with E-state index in [0.29, 0.717) is 0 Å². The average molecular weight is 289 g/mol. The van der Waals surface area contributed by atoms with Gasteiger partial charge in [0, 0.05) is 5.56 Å². The van der Waals surface area contributed by atoms with E-state index < -0.39 is 33.8 Å². The van der Waals surface area contributed by atoms with E-state index in [9.17, 15) is 17.6 Å². The van der Waals surface area contributed by atoms with Crippen LogP contribution in [0.1, 0.15) is 19.4 Å². The number of halogens is 1. The maximum atomic E-state index is 13.4. The molecule has 0 spiro atoms. The molecule has 0 amide bonds. The molecule has 5 nitrogen and oxygen atoms in total. The second-order valence-electron chi connectivity index (χ2n) is 4.54. The van der Waals surface area contributed by atoms with Crippen LogP contribution in [0, 0.1) is 18.7 Å². The smallest absolute Gasteiger partial charge is 0.322 e. The standard InChI is InChI=1S/C12H16FNO4S/c1-7(2)11(12(15)16)14-19(17,18)10-6-4-5-9(13)8(10)3/h4-7,11,14H,1-3H3,(H,15,16). The average Bonchev–Trinajstić information content (AvgIpc) is 2.28. The summed E-state index contributed by atoms with van der Waals surface area (Å²) in [5, 5.41) is 8.98. The topological polar surface area (TPSA) is 83.5 Å². The second kappa shape index (κ2) is 5.66. The van der Waals surface area contributed by atoms with Gasteiger partial charge in [-0.05, 0) is 25.0 Å². The Morgan fingerprint density at radius 2 is 1.95 bits per heavy atom. The van der Waals surface area contributed by atoms with Crippen LogP contribution in [-0.2, 0) is 14.8 Å². The lowest BCUT2D eigenvalue weighted by Gasteiger charge is -2.18. The first-order chi connectivity index (χ1) is 8.66. The fourth-order valence-corrected chi connectivity index (χ4v) is 3.17. The zero-order valence-corrected chi connectivity index (χ0v) is 11.7. The van der Waals surface area contributed by atoms with Crippen molar-refractivity contribution in [3.8, 4) is 0 Å². The number of carbonyl (C=O) groups is 1. The molecular weight excluding hydrogens is 273 g/mol. The molecule has 106 valence electrons. The number of rotatable bonds is 5. The van der Waals surface area contributed by atoms with Gasteiger partial charge in [-0.1, -0.05) is 19.9 Å². The van der Waals surface area contributed by atoms with E-state index in [0.717, 1.165) is 6.07 Å². The highest BCUT2D eigenvalue weighted by Gasteiger charge is 2.29. The maximum Gasteiger partial charge on any atom is 0.322 e. The molecule has 0 aliphatic carbocycles. The number of benzene rings is 1. The van der Waals surface area contributed by atoms with Crippen molar-refractivity contribution in [3.05, 3.63) is 29.6 Å². The highest BCUT2D eigenvalue weighted by Crippen LogP contribution is 2.18. The third-order valence-corrected chi connectivity index (χ3v) is 4.31. The first-order valence-electron chi connectivity index (χ1n) is 5.67. The molecule has 1 atom stereocenters. The SMILES string of the molecule is Cc1c(F)cccc1S(=O)(=O)NC(C(=O)O)C(C)C. The molecule has 0 aromatic heterocycles. The van der Waals surface area contributed by atoms with Crippen LogP contribution in [0.15, 0.2) is 23.1 Å². The normalized spacial score (nSPS) is 13.5. The highest BCUT2D eigenvalue weighted by atomic mass is 32.2. The largest absolute Gasteiger partial charge is 0.480 e. The van der Waals surface area contributed by atoms with Crippen molar-refractivity contribution < 1.29 is 22.7 Å². The van der Waals surface area contributed by atoms with Gasteiger partial charge in [0.1, 0.15) is 11.9 Å². The van der Waals surface area contributed by atoms with Crippen molar-refractivity contribution in [3.63, 3.8) is 0 Å². The fourth-order valence-electron chi connectivity index (χ4n) is 1.58. The molecule has 1 unspecified atom stereocenters. The van der Waals surface area contributed by atoms with Crippen molar-refractivity contribution in [1.82, 2.24) is 4.72 Å². The van der Waals surface area contributed by atoms with Crippen molar-refractivity contribution in [2.45, 2.75) is 31.7 Å². The maximum absolute atomic E-state index is 13.4. The number of nitrogens with one attached hydrogen (secondary N) is 1. The van der Waals surface area contributed by atoms with Gasteiger partial charge >= 0.3 is 5.97 Å². The van der Waals surface area contributed by atoms with Gasteiger partial charge in [-0.15, -0.1) is 0 Å². The van der Waals surface area contributed by atoms with Gasteiger partial charge < -0.3 is 5.11 Å². The van der Waals surface area contributed by atoms with Crippen LogP contribution in [0.4, 0.5) is 4.39 Å². The lowest BCUT2D eigenvalue weighted by Crippen LogP contribution is -2.44. The van der Waals surface area contributed by atoms with Gasteiger partial charge in [0.2, 0.25) is 10.0 Å². The number of hydrogen-bond donors (Lipinski definition) is 2. The molecule has 19 heavy (non-hydrogen) atoms. The van der Waals surface area contributed by atoms with E-state index in [4.69, 9.17) is 5.11 Å². The lowest BCUT2D eigenvalue weighted by molar-refractivity contribution is -0.140. The van der Waals surface area contributed by atoms with E-state index >= 15 is 0 Å². The van der Waals surface area contributed by atoms with Crippen LogP contribution in [-0.4, -0.2) is 25.5 Å². The molecule has 1 aromatic rings. The third-order valence-electron chi connectivity index (χ3n) is 2.72. The minimum atomic E-state index is -4.07. The molecule has 0 heterocycles. The Morgan fingerprint density at radius 3 is 2.42 bits per heavy atom. The van der Waals surface area contributed by atoms with Crippen molar-refractivity contribution in [1.29, 1.82) is 0 Å². The zero-order valence-electron chi connectivity index (χ0n) is 10.8. The van der Waals surface area contributed by atoms with Gasteiger partial charge in [0.15, 0.2) is 0 Å². The first kappa shape index (κ1) is 15.6. The molecule has 0 fully saturated rings. The number of carboxylic acid groups (broad SMARTS) is 1. The van der Waals surface area contributed by atoms with Gasteiger partial charge in [-0.2, -0.15) is 4.72 Å². The van der Waals surface area contributed by atoms with Crippen molar-refractivity contribution in [2.75, 3.05) is 0 Å². The number of hydrogen-bond acceptors (Lipinski definition) is 3. The van der Waals surface area contributed by atoms with E-state index in [1.807, 2.05) is 0 Å². The van der Waals surface area contributed by atoms with Crippen LogP contribution in [0.25, 0.3) is 0 Å². The molecule has 0 aliphatic rings. The quantitative estimate of drug-likeness (QED) is 0.861. The minimum absolute atomic E-state index is 0.0390. The van der Waals surface area contributed by atoms with Crippen LogP contribution >= 0.6 is 0 Å². The van der Waals surface area contributed by atoms with Gasteiger partial charge in [-0.3, -0.25) is 4.79 Å². The van der Waals surface area contributed by atoms with E-state index in [2.05, 4.69) is 4.72 Å². The Hall–Kier alpha value is -1.47. The predicted octanol–water partition coefficient (Wildman–Crippen LogP) is 1.52. The van der Waals surface area contributed by atoms with Crippen LogP contribution in [0.2, 0.25) is 0 Å². The lowest BCUT2D eigenvalue weighted by atomic mass is 10.1. The van der Waals surface area contributed by atoms with Crippen LogP contribution in [0.5, 0.6) is 0 Å². The highest BCUT2D eigenvalue weighted by molar-refractivity contribution is 7.89. The van der Waals surface area contributed by atoms with Gasteiger partial charge in [0.25, 0.3) is 0 Å². The summed E-state index contributed by atoms with van der Waals surface area (Å²) in [6.07, 6.45) is 0. The van der Waals surface area contributed by atoms with Gasteiger partial charge in [0.05, 0.1) is 4.90 Å². The zero-order chi connectivity index (χ0) is 14.8.